The van der Waals surface area contributed by atoms with Gasteiger partial charge in [0.05, 0.1) is 11.6 Å². The van der Waals surface area contributed by atoms with Crippen LogP contribution in [0.2, 0.25) is 0 Å². The van der Waals surface area contributed by atoms with E-state index in [0.29, 0.717) is 5.56 Å². The molecular formula is C27H21IN2. The lowest BCUT2D eigenvalue weighted by atomic mass is 9.99. The van der Waals surface area contributed by atoms with E-state index in [9.17, 15) is 0 Å². The molecule has 1 heterocycles. The van der Waals surface area contributed by atoms with Crippen LogP contribution in [0.5, 0.6) is 0 Å². The number of nitriles is 1. The van der Waals surface area contributed by atoms with E-state index in [2.05, 4.69) is 90.6 Å². The van der Waals surface area contributed by atoms with Gasteiger partial charge in [-0.1, -0.05) is 66.7 Å². The molecule has 0 saturated carbocycles. The van der Waals surface area contributed by atoms with Gasteiger partial charge < -0.3 is 24.0 Å². The molecule has 4 rings (SSSR count). The SMILES string of the molecule is C[n+]1cc(-c2ccccc2)cc(/C=C/c2ccc(C#N)cc2)c1-c1ccccc1.[I-]. The van der Waals surface area contributed by atoms with Crippen LogP contribution in [0, 0.1) is 11.3 Å². The van der Waals surface area contributed by atoms with Crippen LogP contribution in [0.3, 0.4) is 0 Å². The maximum atomic E-state index is 9.00. The van der Waals surface area contributed by atoms with Crippen molar-refractivity contribution in [2.24, 2.45) is 7.05 Å². The summed E-state index contributed by atoms with van der Waals surface area (Å²) in [6.07, 6.45) is 6.42. The van der Waals surface area contributed by atoms with Crippen LogP contribution in [-0.2, 0) is 7.05 Å². The lowest BCUT2D eigenvalue weighted by Crippen LogP contribution is -3.00. The zero-order chi connectivity index (χ0) is 20.1. The summed E-state index contributed by atoms with van der Waals surface area (Å²) in [7, 11) is 2.09. The lowest BCUT2D eigenvalue weighted by Gasteiger charge is -2.08. The number of nitrogens with zero attached hydrogens (tertiary/aromatic N) is 2. The summed E-state index contributed by atoms with van der Waals surface area (Å²) in [4.78, 5) is 0. The minimum Gasteiger partial charge on any atom is -1.00 e. The summed E-state index contributed by atoms with van der Waals surface area (Å²) in [6, 6.07) is 32.9. The normalized spacial score (nSPS) is 10.4. The third-order valence-electron chi connectivity index (χ3n) is 4.92. The molecule has 0 spiro atoms. The highest BCUT2D eigenvalue weighted by molar-refractivity contribution is 5.80. The Balaban J connectivity index is 0.00000256. The Labute approximate surface area is 194 Å². The molecule has 0 saturated heterocycles. The molecule has 2 nitrogen and oxygen atoms in total. The van der Waals surface area contributed by atoms with Gasteiger partial charge in [-0.25, -0.2) is 0 Å². The molecule has 0 fully saturated rings. The van der Waals surface area contributed by atoms with E-state index in [1.54, 1.807) is 0 Å². The van der Waals surface area contributed by atoms with Crippen molar-refractivity contribution in [1.29, 1.82) is 5.26 Å². The summed E-state index contributed by atoms with van der Waals surface area (Å²) in [5.74, 6) is 0. The molecule has 3 aromatic carbocycles. The first-order valence-corrected chi connectivity index (χ1v) is 9.57. The Kier molecular flexibility index (Phi) is 7.16. The van der Waals surface area contributed by atoms with Crippen LogP contribution in [0.4, 0.5) is 0 Å². The first-order chi connectivity index (χ1) is 14.2. The van der Waals surface area contributed by atoms with Crippen LogP contribution in [0.25, 0.3) is 34.5 Å². The van der Waals surface area contributed by atoms with Crippen LogP contribution >= 0.6 is 0 Å². The Morgan fingerprint density at radius 1 is 0.733 bits per heavy atom. The number of rotatable bonds is 4. The summed E-state index contributed by atoms with van der Waals surface area (Å²) in [6.45, 7) is 0. The van der Waals surface area contributed by atoms with Crippen LogP contribution < -0.4 is 28.5 Å². The van der Waals surface area contributed by atoms with Crippen molar-refractivity contribution in [3.05, 3.63) is 114 Å². The van der Waals surface area contributed by atoms with Gasteiger partial charge in [0, 0.05) is 16.7 Å². The molecule has 4 aromatic rings. The van der Waals surface area contributed by atoms with E-state index >= 15 is 0 Å². The molecule has 146 valence electrons. The number of hydrogen-bond acceptors (Lipinski definition) is 1. The predicted molar refractivity (Wildman–Crippen MR) is 119 cm³/mol. The van der Waals surface area contributed by atoms with Crippen molar-refractivity contribution >= 4 is 12.2 Å². The predicted octanol–water partition coefficient (Wildman–Crippen LogP) is 2.89. The molecule has 0 aliphatic carbocycles. The van der Waals surface area contributed by atoms with Gasteiger partial charge in [-0.3, -0.25) is 0 Å². The number of aromatic nitrogens is 1. The first-order valence-electron chi connectivity index (χ1n) is 9.57. The summed E-state index contributed by atoms with van der Waals surface area (Å²) in [5, 5.41) is 9.00. The van der Waals surface area contributed by atoms with Gasteiger partial charge in [0.15, 0.2) is 6.20 Å². The van der Waals surface area contributed by atoms with E-state index in [-0.39, 0.29) is 24.0 Å². The number of benzene rings is 3. The summed E-state index contributed by atoms with van der Waals surface area (Å²) >= 11 is 0. The lowest BCUT2D eigenvalue weighted by molar-refractivity contribution is -0.660. The highest BCUT2D eigenvalue weighted by Gasteiger charge is 2.17. The molecule has 30 heavy (non-hydrogen) atoms. The van der Waals surface area contributed by atoms with Gasteiger partial charge in [-0.05, 0) is 47.5 Å². The highest BCUT2D eigenvalue weighted by atomic mass is 127. The van der Waals surface area contributed by atoms with Gasteiger partial charge in [0.2, 0.25) is 5.69 Å². The zero-order valence-electron chi connectivity index (χ0n) is 16.7. The maximum Gasteiger partial charge on any atom is 0.219 e. The number of aryl methyl sites for hydroxylation is 1. The molecule has 0 aliphatic heterocycles. The summed E-state index contributed by atoms with van der Waals surface area (Å²) < 4.78 is 2.19. The Morgan fingerprint density at radius 3 is 1.93 bits per heavy atom. The second kappa shape index (κ2) is 10.00. The third kappa shape index (κ3) is 4.84. The fourth-order valence-electron chi connectivity index (χ4n) is 3.49. The van der Waals surface area contributed by atoms with Gasteiger partial charge in [-0.2, -0.15) is 9.83 Å². The average Bonchev–Trinajstić information content (AvgIpc) is 2.79. The first kappa shape index (κ1) is 21.5. The van der Waals surface area contributed by atoms with Crippen molar-refractivity contribution in [2.75, 3.05) is 0 Å². The standard InChI is InChI=1S/C27H21N2.HI/c1-29-20-26(23-8-4-2-5-9-23)18-25(27(29)24-10-6-3-7-11-24)17-16-21-12-14-22(19-28)15-13-21;/h2-18,20H,1H3;1H/q+1;/p-1/b17-16+;. The second-order valence-corrected chi connectivity index (χ2v) is 6.94. The number of hydrogen-bond donors (Lipinski definition) is 0. The van der Waals surface area contributed by atoms with Crippen LogP contribution in [-0.4, -0.2) is 0 Å². The van der Waals surface area contributed by atoms with Crippen molar-refractivity contribution in [3.8, 4) is 28.5 Å². The summed E-state index contributed by atoms with van der Waals surface area (Å²) in [5.41, 5.74) is 7.58. The van der Waals surface area contributed by atoms with E-state index in [0.717, 1.165) is 16.8 Å². The van der Waals surface area contributed by atoms with Crippen molar-refractivity contribution in [3.63, 3.8) is 0 Å². The molecule has 0 atom stereocenters. The van der Waals surface area contributed by atoms with Crippen molar-refractivity contribution in [2.45, 2.75) is 0 Å². The van der Waals surface area contributed by atoms with E-state index in [1.807, 2.05) is 36.4 Å². The Bertz CT molecular complexity index is 1190. The van der Waals surface area contributed by atoms with E-state index in [1.165, 1.54) is 16.7 Å². The van der Waals surface area contributed by atoms with Crippen LogP contribution in [0.1, 0.15) is 16.7 Å². The monoisotopic (exact) mass is 500 g/mol. The quantitative estimate of drug-likeness (QED) is 0.313. The fraction of sp³-hybridized carbons (Fsp3) is 0.0370. The van der Waals surface area contributed by atoms with Gasteiger partial charge in [0.1, 0.15) is 7.05 Å². The molecule has 0 amide bonds. The molecular weight excluding hydrogens is 479 g/mol. The van der Waals surface area contributed by atoms with Crippen molar-refractivity contribution < 1.29 is 28.5 Å². The molecule has 0 radical (unpaired) electrons. The van der Waals surface area contributed by atoms with Gasteiger partial charge in [-0.15, -0.1) is 0 Å². The van der Waals surface area contributed by atoms with Crippen LogP contribution in [0.15, 0.2) is 97.2 Å². The Morgan fingerprint density at radius 2 is 1.33 bits per heavy atom. The smallest absolute Gasteiger partial charge is 0.219 e. The fourth-order valence-corrected chi connectivity index (χ4v) is 3.49. The Hall–Kier alpha value is -3.23. The molecule has 1 aromatic heterocycles. The number of pyridine rings is 1. The maximum absolute atomic E-state index is 9.00. The second-order valence-electron chi connectivity index (χ2n) is 6.94. The molecule has 0 unspecified atom stereocenters. The molecule has 0 bridgehead atoms. The molecule has 3 heteroatoms. The minimum absolute atomic E-state index is 0. The topological polar surface area (TPSA) is 27.7 Å². The highest BCUT2D eigenvalue weighted by Crippen LogP contribution is 2.27. The third-order valence-corrected chi connectivity index (χ3v) is 4.92. The molecule has 0 N–H and O–H groups in total. The van der Waals surface area contributed by atoms with Crippen molar-refractivity contribution in [1.82, 2.24) is 0 Å². The minimum atomic E-state index is 0. The zero-order valence-corrected chi connectivity index (χ0v) is 18.8. The average molecular weight is 500 g/mol. The van der Waals surface area contributed by atoms with E-state index in [4.69, 9.17) is 5.26 Å². The van der Waals surface area contributed by atoms with Gasteiger partial charge >= 0.3 is 0 Å². The number of halogens is 1. The van der Waals surface area contributed by atoms with Gasteiger partial charge in [0.25, 0.3) is 0 Å². The van der Waals surface area contributed by atoms with E-state index < -0.39 is 0 Å². The largest absolute Gasteiger partial charge is 1.00 e. The molecule has 0 aliphatic rings.